The summed E-state index contributed by atoms with van der Waals surface area (Å²) >= 11 is 7.67. The Morgan fingerprint density at radius 3 is 3.06 bits per heavy atom. The van der Waals surface area contributed by atoms with Crippen molar-refractivity contribution in [3.8, 4) is 5.75 Å². The molecule has 0 radical (unpaired) electrons. The summed E-state index contributed by atoms with van der Waals surface area (Å²) in [4.78, 5) is 0. The summed E-state index contributed by atoms with van der Waals surface area (Å²) in [7, 11) is 0. The zero-order valence-electron chi connectivity index (χ0n) is 10.6. The monoisotopic (exact) mass is 289 g/mol. The van der Waals surface area contributed by atoms with Crippen molar-refractivity contribution < 1.29 is 9.84 Å². The fourth-order valence-electron chi connectivity index (χ4n) is 1.42. The number of aliphatic hydroxyl groups excluding tert-OH is 1. The molecule has 1 aromatic rings. The Kier molecular flexibility index (Phi) is 8.25. The average Bonchev–Trinajstić information content (AvgIpc) is 2.36. The third kappa shape index (κ3) is 7.11. The number of thioether (sulfide) groups is 1. The van der Waals surface area contributed by atoms with Crippen LogP contribution in [-0.4, -0.2) is 42.9 Å². The summed E-state index contributed by atoms with van der Waals surface area (Å²) in [6, 6.07) is 7.17. The molecule has 0 saturated carbocycles. The maximum atomic E-state index is 9.71. The van der Waals surface area contributed by atoms with Gasteiger partial charge in [-0.15, -0.1) is 0 Å². The fourth-order valence-corrected chi connectivity index (χ4v) is 2.03. The molecule has 1 rings (SSSR count). The summed E-state index contributed by atoms with van der Waals surface area (Å²) in [5.74, 6) is 1.83. The van der Waals surface area contributed by atoms with E-state index >= 15 is 0 Å². The van der Waals surface area contributed by atoms with Crippen LogP contribution in [0.3, 0.4) is 0 Å². The van der Waals surface area contributed by atoms with Crippen LogP contribution in [0.5, 0.6) is 5.75 Å². The molecule has 0 aliphatic heterocycles. The SMILES string of the molecule is CSCCCNCC(O)COc1cccc(Cl)c1. The van der Waals surface area contributed by atoms with Crippen LogP contribution in [0.25, 0.3) is 0 Å². The predicted octanol–water partition coefficient (Wildman–Crippen LogP) is 2.42. The van der Waals surface area contributed by atoms with Gasteiger partial charge in [-0.05, 0) is 43.2 Å². The molecule has 0 bridgehead atoms. The second-order valence-electron chi connectivity index (χ2n) is 3.97. The summed E-state index contributed by atoms with van der Waals surface area (Å²) in [5, 5.41) is 13.5. The van der Waals surface area contributed by atoms with Crippen molar-refractivity contribution in [3.05, 3.63) is 29.3 Å². The van der Waals surface area contributed by atoms with E-state index in [1.807, 2.05) is 23.9 Å². The lowest BCUT2D eigenvalue weighted by molar-refractivity contribution is 0.106. The van der Waals surface area contributed by atoms with Gasteiger partial charge in [0.15, 0.2) is 0 Å². The summed E-state index contributed by atoms with van der Waals surface area (Å²) in [6.45, 7) is 1.75. The Bertz CT molecular complexity index is 339. The fraction of sp³-hybridized carbons (Fsp3) is 0.538. The molecule has 1 aromatic carbocycles. The first-order valence-corrected chi connectivity index (χ1v) is 7.75. The van der Waals surface area contributed by atoms with Crippen LogP contribution in [0.2, 0.25) is 5.02 Å². The van der Waals surface area contributed by atoms with Crippen molar-refractivity contribution in [2.45, 2.75) is 12.5 Å². The zero-order valence-corrected chi connectivity index (χ0v) is 12.1. The number of ether oxygens (including phenoxy) is 1. The van der Waals surface area contributed by atoms with Crippen LogP contribution in [0.1, 0.15) is 6.42 Å². The Morgan fingerprint density at radius 2 is 2.33 bits per heavy atom. The Hall–Kier alpha value is -0.420. The van der Waals surface area contributed by atoms with Crippen molar-refractivity contribution in [1.29, 1.82) is 0 Å². The molecular formula is C13H20ClNO2S. The highest BCUT2D eigenvalue weighted by Gasteiger charge is 2.04. The molecular weight excluding hydrogens is 270 g/mol. The van der Waals surface area contributed by atoms with E-state index in [4.69, 9.17) is 16.3 Å². The first kappa shape index (κ1) is 15.6. The minimum absolute atomic E-state index is 0.274. The molecule has 2 N–H and O–H groups in total. The molecule has 0 heterocycles. The lowest BCUT2D eigenvalue weighted by atomic mass is 10.3. The standard InChI is InChI=1S/C13H20ClNO2S/c1-18-7-3-6-15-9-12(16)10-17-13-5-2-4-11(14)8-13/h2,4-5,8,12,15-16H,3,6-7,9-10H2,1H3. The number of halogens is 1. The largest absolute Gasteiger partial charge is 0.491 e. The lowest BCUT2D eigenvalue weighted by Crippen LogP contribution is -2.32. The second-order valence-corrected chi connectivity index (χ2v) is 5.39. The predicted molar refractivity (Wildman–Crippen MR) is 78.8 cm³/mol. The maximum absolute atomic E-state index is 9.71. The highest BCUT2D eigenvalue weighted by molar-refractivity contribution is 7.98. The van der Waals surface area contributed by atoms with E-state index in [1.54, 1.807) is 12.1 Å². The summed E-state index contributed by atoms with van der Waals surface area (Å²) in [6.07, 6.45) is 2.70. The minimum atomic E-state index is -0.502. The molecule has 0 aliphatic rings. The second kappa shape index (κ2) is 9.50. The smallest absolute Gasteiger partial charge is 0.120 e. The molecule has 0 fully saturated rings. The van der Waals surface area contributed by atoms with Gasteiger partial charge in [-0.25, -0.2) is 0 Å². The van der Waals surface area contributed by atoms with Crippen LogP contribution in [0.15, 0.2) is 24.3 Å². The van der Waals surface area contributed by atoms with Crippen LogP contribution < -0.4 is 10.1 Å². The van der Waals surface area contributed by atoms with E-state index in [1.165, 1.54) is 0 Å². The molecule has 18 heavy (non-hydrogen) atoms. The first-order chi connectivity index (χ1) is 8.72. The van der Waals surface area contributed by atoms with Gasteiger partial charge < -0.3 is 15.2 Å². The van der Waals surface area contributed by atoms with E-state index in [-0.39, 0.29) is 6.61 Å². The van der Waals surface area contributed by atoms with Gasteiger partial charge in [0.1, 0.15) is 18.5 Å². The molecule has 0 aliphatic carbocycles. The van der Waals surface area contributed by atoms with Gasteiger partial charge in [0.2, 0.25) is 0 Å². The number of benzene rings is 1. The zero-order chi connectivity index (χ0) is 13.2. The van der Waals surface area contributed by atoms with Gasteiger partial charge in [0, 0.05) is 11.6 Å². The molecule has 1 atom stereocenters. The van der Waals surface area contributed by atoms with E-state index < -0.39 is 6.10 Å². The van der Waals surface area contributed by atoms with E-state index in [2.05, 4.69) is 11.6 Å². The molecule has 0 spiro atoms. The number of rotatable bonds is 9. The number of aliphatic hydroxyl groups is 1. The quantitative estimate of drug-likeness (QED) is 0.685. The van der Waals surface area contributed by atoms with Crippen LogP contribution in [-0.2, 0) is 0 Å². The molecule has 3 nitrogen and oxygen atoms in total. The van der Waals surface area contributed by atoms with Crippen LogP contribution >= 0.6 is 23.4 Å². The normalized spacial score (nSPS) is 12.4. The average molecular weight is 290 g/mol. The van der Waals surface area contributed by atoms with Gasteiger partial charge in [-0.2, -0.15) is 11.8 Å². The Balaban J connectivity index is 2.11. The van der Waals surface area contributed by atoms with Crippen LogP contribution in [0.4, 0.5) is 0 Å². The van der Waals surface area contributed by atoms with Crippen molar-refractivity contribution >= 4 is 23.4 Å². The molecule has 1 unspecified atom stereocenters. The first-order valence-electron chi connectivity index (χ1n) is 5.98. The minimum Gasteiger partial charge on any atom is -0.491 e. The summed E-state index contributed by atoms with van der Waals surface area (Å²) < 4.78 is 5.45. The topological polar surface area (TPSA) is 41.5 Å². The third-order valence-electron chi connectivity index (χ3n) is 2.32. The van der Waals surface area contributed by atoms with E-state index in [0.29, 0.717) is 17.3 Å². The van der Waals surface area contributed by atoms with Crippen molar-refractivity contribution in [2.24, 2.45) is 0 Å². The summed E-state index contributed by atoms with van der Waals surface area (Å²) in [5.41, 5.74) is 0. The molecule has 0 amide bonds. The maximum Gasteiger partial charge on any atom is 0.120 e. The number of hydrogen-bond donors (Lipinski definition) is 2. The molecule has 5 heteroatoms. The molecule has 0 aromatic heterocycles. The van der Waals surface area contributed by atoms with Gasteiger partial charge >= 0.3 is 0 Å². The van der Waals surface area contributed by atoms with Gasteiger partial charge in [-0.1, -0.05) is 17.7 Å². The third-order valence-corrected chi connectivity index (χ3v) is 3.25. The Morgan fingerprint density at radius 1 is 1.50 bits per heavy atom. The number of nitrogens with one attached hydrogen (secondary N) is 1. The van der Waals surface area contributed by atoms with Crippen molar-refractivity contribution in [1.82, 2.24) is 5.32 Å². The van der Waals surface area contributed by atoms with Gasteiger partial charge in [0.25, 0.3) is 0 Å². The number of hydrogen-bond acceptors (Lipinski definition) is 4. The molecule has 0 saturated heterocycles. The van der Waals surface area contributed by atoms with Gasteiger partial charge in [-0.3, -0.25) is 0 Å². The van der Waals surface area contributed by atoms with Gasteiger partial charge in [0.05, 0.1) is 0 Å². The van der Waals surface area contributed by atoms with E-state index in [0.717, 1.165) is 18.7 Å². The van der Waals surface area contributed by atoms with Crippen LogP contribution in [0, 0.1) is 0 Å². The Labute approximate surface area is 118 Å². The molecule has 102 valence electrons. The lowest BCUT2D eigenvalue weighted by Gasteiger charge is -2.13. The van der Waals surface area contributed by atoms with Crippen molar-refractivity contribution in [2.75, 3.05) is 31.7 Å². The van der Waals surface area contributed by atoms with E-state index in [9.17, 15) is 5.11 Å². The highest BCUT2D eigenvalue weighted by atomic mass is 35.5. The highest BCUT2D eigenvalue weighted by Crippen LogP contribution is 2.17. The van der Waals surface area contributed by atoms with Crippen molar-refractivity contribution in [3.63, 3.8) is 0 Å².